The predicted molar refractivity (Wildman–Crippen MR) is 147 cm³/mol. The van der Waals surface area contributed by atoms with Crippen LogP contribution in [0.2, 0.25) is 10.0 Å². The van der Waals surface area contributed by atoms with Crippen LogP contribution in [0.5, 0.6) is 0 Å². The average Bonchev–Trinajstić information content (AvgIpc) is 3.41. The molecule has 0 N–H and O–H groups in total. The lowest BCUT2D eigenvalue weighted by Crippen LogP contribution is -2.42. The average molecular weight is 603 g/mol. The van der Waals surface area contributed by atoms with Gasteiger partial charge < -0.3 is 4.84 Å². The molecule has 1 amide bonds. The summed E-state index contributed by atoms with van der Waals surface area (Å²) in [6.07, 6.45) is -5.48. The number of nitrogens with zero attached hydrogens (tertiary/aromatic N) is 2. The largest absolute Gasteiger partial charge is 0.435 e. The molecule has 0 saturated heterocycles. The van der Waals surface area contributed by atoms with Crippen molar-refractivity contribution in [1.82, 2.24) is 0 Å². The Morgan fingerprint density at radius 2 is 1.38 bits per heavy atom. The number of hydrogen-bond donors (Lipinski definition) is 0. The van der Waals surface area contributed by atoms with Crippen LogP contribution in [0.1, 0.15) is 27.9 Å². The van der Waals surface area contributed by atoms with Gasteiger partial charge in [0.2, 0.25) is 0 Å². The molecule has 1 unspecified atom stereocenters. The molecule has 204 valence electrons. The minimum absolute atomic E-state index is 0.0155. The van der Waals surface area contributed by atoms with Gasteiger partial charge in [-0.05, 0) is 60.2 Å². The van der Waals surface area contributed by atoms with Gasteiger partial charge in [-0.3, -0.25) is 4.79 Å². The highest BCUT2D eigenvalue weighted by Gasteiger charge is 2.62. The van der Waals surface area contributed by atoms with Crippen LogP contribution in [-0.4, -0.2) is 22.0 Å². The molecule has 1 aliphatic rings. The summed E-state index contributed by atoms with van der Waals surface area (Å²) in [7, 11) is -3.30. The zero-order valence-electron chi connectivity index (χ0n) is 20.4. The molecule has 0 fully saturated rings. The molecular weight excluding hydrogens is 584 g/mol. The van der Waals surface area contributed by atoms with E-state index in [0.717, 1.165) is 12.1 Å². The van der Waals surface area contributed by atoms with Gasteiger partial charge in [0, 0.05) is 27.6 Å². The van der Waals surface area contributed by atoms with E-state index in [1.807, 2.05) is 0 Å². The molecule has 0 saturated carbocycles. The Kier molecular flexibility index (Phi) is 7.48. The number of amides is 1. The number of halogens is 5. The highest BCUT2D eigenvalue weighted by Crippen LogP contribution is 2.49. The first-order valence-corrected chi connectivity index (χ1v) is 14.1. The third-order valence-corrected chi connectivity index (χ3v) is 9.00. The smallest absolute Gasteiger partial charge is 0.374 e. The van der Waals surface area contributed by atoms with Gasteiger partial charge >= 0.3 is 6.18 Å². The Hall–Kier alpha value is -3.66. The van der Waals surface area contributed by atoms with Crippen molar-refractivity contribution in [2.24, 2.45) is 9.52 Å². The highest BCUT2D eigenvalue weighted by molar-refractivity contribution is 7.94. The van der Waals surface area contributed by atoms with E-state index in [-0.39, 0.29) is 26.9 Å². The molecule has 0 radical (unpaired) electrons. The Balaban J connectivity index is 1.46. The maximum Gasteiger partial charge on any atom is 0.435 e. The zero-order valence-corrected chi connectivity index (χ0v) is 22.8. The van der Waals surface area contributed by atoms with E-state index in [4.69, 9.17) is 28.0 Å². The van der Waals surface area contributed by atoms with Gasteiger partial charge in [0.05, 0.1) is 15.5 Å². The van der Waals surface area contributed by atoms with Gasteiger partial charge in [0.25, 0.3) is 11.5 Å². The van der Waals surface area contributed by atoms with Crippen molar-refractivity contribution in [2.75, 3.05) is 0 Å². The molecule has 11 heteroatoms. The second-order valence-electron chi connectivity index (χ2n) is 8.91. The summed E-state index contributed by atoms with van der Waals surface area (Å²) in [6.45, 7) is 0. The van der Waals surface area contributed by atoms with Crippen LogP contribution in [0.15, 0.2) is 122 Å². The highest BCUT2D eigenvalue weighted by atomic mass is 35.5. The Bertz CT molecular complexity index is 1660. The summed E-state index contributed by atoms with van der Waals surface area (Å²) in [6, 6.07) is 26.1. The third kappa shape index (κ3) is 5.24. The molecule has 0 aliphatic carbocycles. The topological polar surface area (TPSA) is 68.1 Å². The lowest BCUT2D eigenvalue weighted by atomic mass is 9.86. The van der Waals surface area contributed by atoms with Crippen LogP contribution in [0.3, 0.4) is 0 Å². The fraction of sp³-hybridized carbons (Fsp3) is 0.103. The third-order valence-electron chi connectivity index (χ3n) is 6.32. The minimum atomic E-state index is -4.84. The van der Waals surface area contributed by atoms with E-state index < -0.39 is 33.8 Å². The molecule has 1 heterocycles. The monoisotopic (exact) mass is 602 g/mol. The van der Waals surface area contributed by atoms with Crippen molar-refractivity contribution in [1.29, 1.82) is 0 Å². The van der Waals surface area contributed by atoms with Gasteiger partial charge in [-0.2, -0.15) is 13.2 Å². The Morgan fingerprint density at radius 3 is 1.88 bits per heavy atom. The van der Waals surface area contributed by atoms with Gasteiger partial charge in [0.15, 0.2) is 0 Å². The summed E-state index contributed by atoms with van der Waals surface area (Å²) >= 11 is 11.9. The van der Waals surface area contributed by atoms with Crippen molar-refractivity contribution in [2.45, 2.75) is 28.0 Å². The zero-order chi connectivity index (χ0) is 28.5. The van der Waals surface area contributed by atoms with E-state index in [0.29, 0.717) is 15.4 Å². The van der Waals surface area contributed by atoms with Crippen LogP contribution >= 0.6 is 23.2 Å². The molecule has 5 rings (SSSR count). The van der Waals surface area contributed by atoms with Gasteiger partial charge in [-0.1, -0.05) is 76.9 Å². The van der Waals surface area contributed by atoms with Crippen molar-refractivity contribution < 1.29 is 27.0 Å². The number of carbonyl (C=O) groups excluding carboxylic acids is 1. The van der Waals surface area contributed by atoms with Crippen molar-refractivity contribution in [3.8, 4) is 0 Å². The van der Waals surface area contributed by atoms with Crippen LogP contribution < -0.4 is 0 Å². The van der Waals surface area contributed by atoms with Gasteiger partial charge in [0.1, 0.15) is 9.73 Å². The van der Waals surface area contributed by atoms with E-state index in [1.54, 1.807) is 60.7 Å². The summed E-state index contributed by atoms with van der Waals surface area (Å²) in [5.74, 6) is -0.743. The summed E-state index contributed by atoms with van der Waals surface area (Å²) in [5, 5.41) is 3.78. The molecule has 1 aliphatic heterocycles. The molecule has 4 aromatic carbocycles. The van der Waals surface area contributed by atoms with Gasteiger partial charge in [-0.15, -0.1) is 4.36 Å². The number of hydrogen-bond acceptors (Lipinski definition) is 4. The van der Waals surface area contributed by atoms with Crippen LogP contribution in [0.4, 0.5) is 13.2 Å². The van der Waals surface area contributed by atoms with Gasteiger partial charge in [-0.25, -0.2) is 4.21 Å². The first-order valence-electron chi connectivity index (χ1n) is 11.8. The number of oxime groups is 1. The SMILES string of the molecule is O=C(N=S(=O)(c1ccccc1)c1ccccc1)c1ccc(C2=NOC(c3cc(Cl)cc(Cl)c3)(C(F)(F)F)C2)cc1. The summed E-state index contributed by atoms with van der Waals surface area (Å²) in [4.78, 5) is 18.9. The lowest BCUT2D eigenvalue weighted by molar-refractivity contribution is -0.275. The quantitative estimate of drug-likeness (QED) is 0.231. The van der Waals surface area contributed by atoms with Crippen LogP contribution in [0, 0.1) is 0 Å². The van der Waals surface area contributed by atoms with E-state index in [9.17, 15) is 22.2 Å². The fourth-order valence-corrected chi connectivity index (χ4v) is 6.67. The Morgan fingerprint density at radius 1 is 0.850 bits per heavy atom. The molecule has 40 heavy (non-hydrogen) atoms. The Labute approximate surface area is 238 Å². The lowest BCUT2D eigenvalue weighted by Gasteiger charge is -2.29. The molecule has 5 nitrogen and oxygen atoms in total. The second-order valence-corrected chi connectivity index (χ2v) is 12.0. The molecule has 1 atom stereocenters. The maximum absolute atomic E-state index is 14.3. The maximum atomic E-state index is 14.3. The molecular formula is C29H19Cl2F3N2O3S. The second kappa shape index (κ2) is 10.7. The first kappa shape index (κ1) is 27.9. The summed E-state index contributed by atoms with van der Waals surface area (Å²) < 4.78 is 61.0. The van der Waals surface area contributed by atoms with Crippen molar-refractivity contribution in [3.63, 3.8) is 0 Å². The standard InChI is InChI=1S/C29H19Cl2F3N2O3S/c30-22-15-21(16-23(31)17-22)28(29(32,33)34)18-26(35-39-28)19-11-13-20(14-12-19)27(37)36-40(38,24-7-3-1-4-8-24)25-9-5-2-6-10-25/h1-17H,18H2. The van der Waals surface area contributed by atoms with E-state index in [2.05, 4.69) is 9.52 Å². The normalized spacial score (nSPS) is 17.2. The number of rotatable bonds is 5. The van der Waals surface area contributed by atoms with Crippen LogP contribution in [0.25, 0.3) is 0 Å². The number of carbonyl (C=O) groups is 1. The summed E-state index contributed by atoms with van der Waals surface area (Å²) in [5.41, 5.74) is -2.63. The van der Waals surface area contributed by atoms with Crippen molar-refractivity contribution in [3.05, 3.63) is 130 Å². The van der Waals surface area contributed by atoms with E-state index in [1.165, 1.54) is 30.3 Å². The molecule has 0 bridgehead atoms. The molecule has 4 aromatic rings. The fourth-order valence-electron chi connectivity index (χ4n) is 4.27. The minimum Gasteiger partial charge on any atom is -0.374 e. The van der Waals surface area contributed by atoms with E-state index >= 15 is 0 Å². The molecule has 0 spiro atoms. The number of alkyl halides is 3. The first-order chi connectivity index (χ1) is 19.0. The predicted octanol–water partition coefficient (Wildman–Crippen LogP) is 8.30. The number of benzene rings is 4. The molecule has 0 aromatic heterocycles. The van der Waals surface area contributed by atoms with Crippen LogP contribution in [-0.2, 0) is 20.2 Å². The van der Waals surface area contributed by atoms with Crippen molar-refractivity contribution >= 4 is 44.5 Å².